The lowest BCUT2D eigenvalue weighted by Gasteiger charge is -2.12. The van der Waals surface area contributed by atoms with Crippen LogP contribution in [-0.4, -0.2) is 26.9 Å². The number of nitrogens with one attached hydrogen (secondary N) is 2. The third-order valence-corrected chi connectivity index (χ3v) is 4.16. The van der Waals surface area contributed by atoms with Crippen LogP contribution in [0, 0.1) is 12.3 Å². The molecule has 0 spiro atoms. The number of benzene rings is 1. The summed E-state index contributed by atoms with van der Waals surface area (Å²) >= 11 is 0. The van der Waals surface area contributed by atoms with Gasteiger partial charge in [-0.25, -0.2) is 8.42 Å². The average Bonchev–Trinajstić information content (AvgIpc) is 2.45. The predicted octanol–water partition coefficient (Wildman–Crippen LogP) is 1.13. The average molecular weight is 294 g/mol. The monoisotopic (exact) mass is 294 g/mol. The molecule has 0 aliphatic carbocycles. The molecule has 0 aromatic heterocycles. The first-order valence-electron chi connectivity index (χ1n) is 6.24. The standard InChI is InChI=1S/C14H18N2O3S/c1-4-9-15-20(18,19)13-8-6-7-12(10-13)14(17)16-11(3)5-2/h1,6-8,10-11,15H,5,9H2,2-3H3,(H,16,17)/t11-/m1/s1. The molecule has 1 aromatic rings. The molecule has 0 aliphatic rings. The van der Waals surface area contributed by atoms with Crippen LogP contribution in [0.1, 0.15) is 30.6 Å². The van der Waals surface area contributed by atoms with Gasteiger partial charge in [0.15, 0.2) is 0 Å². The Balaban J connectivity index is 2.97. The van der Waals surface area contributed by atoms with Crippen LogP contribution in [0.2, 0.25) is 0 Å². The summed E-state index contributed by atoms with van der Waals surface area (Å²) < 4.78 is 26.1. The van der Waals surface area contributed by atoms with Gasteiger partial charge in [0.05, 0.1) is 11.4 Å². The van der Waals surface area contributed by atoms with Crippen molar-refractivity contribution >= 4 is 15.9 Å². The minimum atomic E-state index is -3.68. The van der Waals surface area contributed by atoms with Gasteiger partial charge in [-0.2, -0.15) is 4.72 Å². The van der Waals surface area contributed by atoms with Gasteiger partial charge in [0.25, 0.3) is 5.91 Å². The third kappa shape index (κ3) is 4.37. The normalized spacial score (nSPS) is 12.4. The van der Waals surface area contributed by atoms with E-state index in [2.05, 4.69) is 16.0 Å². The summed E-state index contributed by atoms with van der Waals surface area (Å²) in [6, 6.07) is 5.87. The van der Waals surface area contributed by atoms with E-state index in [0.717, 1.165) is 6.42 Å². The summed E-state index contributed by atoms with van der Waals surface area (Å²) in [5, 5.41) is 2.78. The number of amides is 1. The fourth-order valence-corrected chi connectivity index (χ4v) is 2.41. The van der Waals surface area contributed by atoms with Crippen LogP contribution in [0.25, 0.3) is 0 Å². The zero-order valence-corrected chi connectivity index (χ0v) is 12.3. The number of carbonyl (C=O) groups is 1. The zero-order chi connectivity index (χ0) is 15.2. The molecular formula is C14H18N2O3S. The molecule has 2 N–H and O–H groups in total. The summed E-state index contributed by atoms with van der Waals surface area (Å²) in [6.07, 6.45) is 5.82. The van der Waals surface area contributed by atoms with Crippen LogP contribution in [0.15, 0.2) is 29.2 Å². The van der Waals surface area contributed by atoms with Crippen molar-refractivity contribution in [2.24, 2.45) is 0 Å². The molecule has 1 atom stereocenters. The number of hydrogen-bond acceptors (Lipinski definition) is 3. The molecular weight excluding hydrogens is 276 g/mol. The molecule has 5 nitrogen and oxygen atoms in total. The van der Waals surface area contributed by atoms with Crippen molar-refractivity contribution in [3.05, 3.63) is 29.8 Å². The molecule has 0 fully saturated rings. The second kappa shape index (κ2) is 7.08. The fraction of sp³-hybridized carbons (Fsp3) is 0.357. The summed E-state index contributed by atoms with van der Waals surface area (Å²) in [6.45, 7) is 3.74. The smallest absolute Gasteiger partial charge is 0.251 e. The van der Waals surface area contributed by atoms with Gasteiger partial charge in [0.1, 0.15) is 0 Å². The van der Waals surface area contributed by atoms with Crippen molar-refractivity contribution in [3.63, 3.8) is 0 Å². The number of carbonyl (C=O) groups excluding carboxylic acids is 1. The highest BCUT2D eigenvalue weighted by Gasteiger charge is 2.16. The molecule has 6 heteroatoms. The van der Waals surface area contributed by atoms with Crippen molar-refractivity contribution in [1.82, 2.24) is 10.0 Å². The topological polar surface area (TPSA) is 75.3 Å². The minimum Gasteiger partial charge on any atom is -0.350 e. The second-order valence-electron chi connectivity index (χ2n) is 4.34. The minimum absolute atomic E-state index is 0.0181. The third-order valence-electron chi connectivity index (χ3n) is 2.76. The van der Waals surface area contributed by atoms with E-state index in [1.807, 2.05) is 13.8 Å². The molecule has 0 radical (unpaired) electrons. The summed E-state index contributed by atoms with van der Waals surface area (Å²) in [7, 11) is -3.68. The Kier molecular flexibility index (Phi) is 5.74. The maximum absolute atomic E-state index is 11.9. The highest BCUT2D eigenvalue weighted by molar-refractivity contribution is 7.89. The van der Waals surface area contributed by atoms with Gasteiger partial charge in [0.2, 0.25) is 10.0 Å². The maximum Gasteiger partial charge on any atom is 0.251 e. The molecule has 0 aliphatic heterocycles. The quantitative estimate of drug-likeness (QED) is 0.772. The Morgan fingerprint density at radius 1 is 1.45 bits per heavy atom. The molecule has 1 aromatic carbocycles. The first-order chi connectivity index (χ1) is 9.40. The highest BCUT2D eigenvalue weighted by atomic mass is 32.2. The first kappa shape index (κ1) is 16.2. The van der Waals surface area contributed by atoms with Gasteiger partial charge in [-0.1, -0.05) is 18.9 Å². The second-order valence-corrected chi connectivity index (χ2v) is 6.11. The van der Waals surface area contributed by atoms with Crippen molar-refractivity contribution in [2.45, 2.75) is 31.2 Å². The van der Waals surface area contributed by atoms with Crippen LogP contribution in [0.3, 0.4) is 0 Å². The van der Waals surface area contributed by atoms with Gasteiger partial charge in [-0.05, 0) is 31.5 Å². The van der Waals surface area contributed by atoms with Crippen molar-refractivity contribution in [2.75, 3.05) is 6.54 Å². The predicted molar refractivity (Wildman–Crippen MR) is 77.7 cm³/mol. The van der Waals surface area contributed by atoms with E-state index in [-0.39, 0.29) is 23.4 Å². The molecule has 1 amide bonds. The molecule has 0 saturated heterocycles. The van der Waals surface area contributed by atoms with Crippen LogP contribution >= 0.6 is 0 Å². The first-order valence-corrected chi connectivity index (χ1v) is 7.73. The lowest BCUT2D eigenvalue weighted by Crippen LogP contribution is -2.32. The molecule has 0 saturated carbocycles. The maximum atomic E-state index is 11.9. The van der Waals surface area contributed by atoms with Crippen LogP contribution in [0.4, 0.5) is 0 Å². The molecule has 0 bridgehead atoms. The Morgan fingerprint density at radius 2 is 2.15 bits per heavy atom. The summed E-state index contributed by atoms with van der Waals surface area (Å²) in [5.74, 6) is 1.90. The number of rotatable bonds is 6. The Bertz CT molecular complexity index is 618. The molecule has 0 heterocycles. The lowest BCUT2D eigenvalue weighted by atomic mass is 10.2. The van der Waals surface area contributed by atoms with Gasteiger partial charge in [-0.15, -0.1) is 6.42 Å². The van der Waals surface area contributed by atoms with E-state index < -0.39 is 10.0 Å². The lowest BCUT2D eigenvalue weighted by molar-refractivity contribution is 0.0939. The number of hydrogen-bond donors (Lipinski definition) is 2. The fourth-order valence-electron chi connectivity index (χ4n) is 1.43. The highest BCUT2D eigenvalue weighted by Crippen LogP contribution is 2.11. The van der Waals surface area contributed by atoms with Gasteiger partial charge in [0, 0.05) is 11.6 Å². The number of terminal acetylenes is 1. The Morgan fingerprint density at radius 3 is 2.75 bits per heavy atom. The van der Waals surface area contributed by atoms with Gasteiger partial charge < -0.3 is 5.32 Å². The largest absolute Gasteiger partial charge is 0.350 e. The van der Waals surface area contributed by atoms with Gasteiger partial charge >= 0.3 is 0 Å². The van der Waals surface area contributed by atoms with Crippen molar-refractivity contribution in [1.29, 1.82) is 0 Å². The van der Waals surface area contributed by atoms with E-state index in [1.165, 1.54) is 18.2 Å². The Hall–Kier alpha value is -1.84. The summed E-state index contributed by atoms with van der Waals surface area (Å²) in [5.41, 5.74) is 0.300. The summed E-state index contributed by atoms with van der Waals surface area (Å²) in [4.78, 5) is 12.0. The number of sulfonamides is 1. The van der Waals surface area contributed by atoms with E-state index >= 15 is 0 Å². The molecule has 108 valence electrons. The van der Waals surface area contributed by atoms with Crippen LogP contribution in [0.5, 0.6) is 0 Å². The van der Waals surface area contributed by atoms with Crippen LogP contribution in [-0.2, 0) is 10.0 Å². The Labute approximate surface area is 119 Å². The van der Waals surface area contributed by atoms with E-state index in [9.17, 15) is 13.2 Å². The van der Waals surface area contributed by atoms with E-state index in [0.29, 0.717) is 5.56 Å². The zero-order valence-electron chi connectivity index (χ0n) is 11.5. The van der Waals surface area contributed by atoms with Gasteiger partial charge in [-0.3, -0.25) is 4.79 Å². The SMILES string of the molecule is C#CCNS(=O)(=O)c1cccc(C(=O)N[C@H](C)CC)c1. The van der Waals surface area contributed by atoms with E-state index in [1.54, 1.807) is 6.07 Å². The van der Waals surface area contributed by atoms with Crippen molar-refractivity contribution in [3.8, 4) is 12.3 Å². The van der Waals surface area contributed by atoms with Crippen molar-refractivity contribution < 1.29 is 13.2 Å². The van der Waals surface area contributed by atoms with E-state index in [4.69, 9.17) is 6.42 Å². The molecule has 20 heavy (non-hydrogen) atoms. The molecule has 0 unspecified atom stereocenters. The molecule has 1 rings (SSSR count). The van der Waals surface area contributed by atoms with Crippen LogP contribution < -0.4 is 10.0 Å².